The Morgan fingerprint density at radius 3 is 2.88 bits per heavy atom. The SMILES string of the molecule is Cc1cccc(N2CCC(NC(=O)NCCC3CCCO3)CC2)n1. The first-order valence-corrected chi connectivity index (χ1v) is 9.05. The van der Waals surface area contributed by atoms with Crippen LogP contribution >= 0.6 is 0 Å². The minimum atomic E-state index is -0.0554. The van der Waals surface area contributed by atoms with E-state index in [1.165, 1.54) is 0 Å². The van der Waals surface area contributed by atoms with E-state index in [-0.39, 0.29) is 12.1 Å². The predicted molar refractivity (Wildman–Crippen MR) is 94.3 cm³/mol. The van der Waals surface area contributed by atoms with Crippen LogP contribution in [0.1, 0.15) is 37.8 Å². The quantitative estimate of drug-likeness (QED) is 0.868. The first kappa shape index (κ1) is 17.0. The van der Waals surface area contributed by atoms with Gasteiger partial charge in [-0.2, -0.15) is 0 Å². The van der Waals surface area contributed by atoms with Crippen LogP contribution in [0, 0.1) is 6.92 Å². The Morgan fingerprint density at radius 1 is 1.33 bits per heavy atom. The molecule has 6 heteroatoms. The summed E-state index contributed by atoms with van der Waals surface area (Å²) >= 11 is 0. The number of nitrogens with one attached hydrogen (secondary N) is 2. The summed E-state index contributed by atoms with van der Waals surface area (Å²) in [6.07, 6.45) is 5.41. The summed E-state index contributed by atoms with van der Waals surface area (Å²) in [4.78, 5) is 18.9. The van der Waals surface area contributed by atoms with Crippen LogP contribution in [0.3, 0.4) is 0 Å². The normalized spacial score (nSPS) is 21.7. The molecule has 1 atom stereocenters. The van der Waals surface area contributed by atoms with Gasteiger partial charge in [0, 0.05) is 38.0 Å². The number of carbonyl (C=O) groups excluding carboxylic acids is 1. The molecule has 0 aromatic carbocycles. The molecule has 0 aliphatic carbocycles. The van der Waals surface area contributed by atoms with Crippen LogP contribution in [-0.2, 0) is 4.74 Å². The van der Waals surface area contributed by atoms with Crippen molar-refractivity contribution < 1.29 is 9.53 Å². The number of aryl methyl sites for hydroxylation is 1. The Hall–Kier alpha value is -1.82. The largest absolute Gasteiger partial charge is 0.378 e. The van der Waals surface area contributed by atoms with Gasteiger partial charge < -0.3 is 20.3 Å². The summed E-state index contributed by atoms with van der Waals surface area (Å²) in [5, 5.41) is 6.04. The molecule has 2 aliphatic heterocycles. The molecule has 0 spiro atoms. The highest BCUT2D eigenvalue weighted by molar-refractivity contribution is 5.74. The number of amides is 2. The Balaban J connectivity index is 1.35. The van der Waals surface area contributed by atoms with E-state index < -0.39 is 0 Å². The molecule has 24 heavy (non-hydrogen) atoms. The molecule has 1 aromatic heterocycles. The van der Waals surface area contributed by atoms with Crippen LogP contribution < -0.4 is 15.5 Å². The van der Waals surface area contributed by atoms with Crippen molar-refractivity contribution >= 4 is 11.8 Å². The number of urea groups is 1. The van der Waals surface area contributed by atoms with Gasteiger partial charge in [-0.15, -0.1) is 0 Å². The van der Waals surface area contributed by atoms with Gasteiger partial charge in [0.2, 0.25) is 0 Å². The van der Waals surface area contributed by atoms with Crippen molar-refractivity contribution in [3.05, 3.63) is 23.9 Å². The van der Waals surface area contributed by atoms with Gasteiger partial charge in [-0.05, 0) is 51.2 Å². The lowest BCUT2D eigenvalue weighted by Gasteiger charge is -2.33. The molecular formula is C18H28N4O2. The van der Waals surface area contributed by atoms with Crippen molar-refractivity contribution in [3.8, 4) is 0 Å². The van der Waals surface area contributed by atoms with E-state index in [4.69, 9.17) is 4.74 Å². The number of rotatable bonds is 5. The lowest BCUT2D eigenvalue weighted by molar-refractivity contribution is 0.104. The molecule has 1 unspecified atom stereocenters. The monoisotopic (exact) mass is 332 g/mol. The topological polar surface area (TPSA) is 66.5 Å². The summed E-state index contributed by atoms with van der Waals surface area (Å²) in [5.74, 6) is 1.04. The average Bonchev–Trinajstić information content (AvgIpc) is 3.09. The summed E-state index contributed by atoms with van der Waals surface area (Å²) in [6, 6.07) is 6.30. The number of anilines is 1. The second-order valence-electron chi connectivity index (χ2n) is 6.72. The Labute approximate surface area is 144 Å². The number of hydrogen-bond donors (Lipinski definition) is 2. The number of nitrogens with zero attached hydrogens (tertiary/aromatic N) is 2. The molecule has 0 radical (unpaired) electrons. The van der Waals surface area contributed by atoms with Gasteiger partial charge in [0.1, 0.15) is 5.82 Å². The van der Waals surface area contributed by atoms with Crippen LogP contribution in [0.25, 0.3) is 0 Å². The van der Waals surface area contributed by atoms with Crippen molar-refractivity contribution in [2.75, 3.05) is 31.1 Å². The maximum Gasteiger partial charge on any atom is 0.315 e. The highest BCUT2D eigenvalue weighted by atomic mass is 16.5. The molecule has 2 saturated heterocycles. The molecule has 0 bridgehead atoms. The number of carbonyl (C=O) groups is 1. The number of piperidine rings is 1. The minimum Gasteiger partial charge on any atom is -0.378 e. The molecule has 2 amide bonds. The molecule has 132 valence electrons. The summed E-state index contributed by atoms with van der Waals surface area (Å²) < 4.78 is 5.56. The second kappa shape index (κ2) is 8.33. The Kier molecular flexibility index (Phi) is 5.91. The van der Waals surface area contributed by atoms with Crippen molar-refractivity contribution in [1.29, 1.82) is 0 Å². The number of hydrogen-bond acceptors (Lipinski definition) is 4. The van der Waals surface area contributed by atoms with Crippen LogP contribution in [0.4, 0.5) is 10.6 Å². The summed E-state index contributed by atoms with van der Waals surface area (Å²) in [6.45, 7) is 5.42. The molecule has 2 aliphatic rings. The molecule has 0 saturated carbocycles. The minimum absolute atomic E-state index is 0.0554. The maximum absolute atomic E-state index is 12.0. The van der Waals surface area contributed by atoms with E-state index >= 15 is 0 Å². The Bertz CT molecular complexity index is 538. The van der Waals surface area contributed by atoms with Gasteiger partial charge in [-0.3, -0.25) is 0 Å². The van der Waals surface area contributed by atoms with Gasteiger partial charge in [0.15, 0.2) is 0 Å². The molecule has 6 nitrogen and oxygen atoms in total. The molecule has 3 rings (SSSR count). The zero-order valence-electron chi connectivity index (χ0n) is 14.5. The van der Waals surface area contributed by atoms with Crippen LogP contribution in [0.15, 0.2) is 18.2 Å². The average molecular weight is 332 g/mol. The fraction of sp³-hybridized carbons (Fsp3) is 0.667. The van der Waals surface area contributed by atoms with E-state index in [0.717, 1.165) is 63.3 Å². The third-order valence-corrected chi connectivity index (χ3v) is 4.80. The molecule has 1 aromatic rings. The highest BCUT2D eigenvalue weighted by Gasteiger charge is 2.21. The van der Waals surface area contributed by atoms with E-state index in [1.54, 1.807) is 0 Å². The van der Waals surface area contributed by atoms with Crippen LogP contribution in [0.2, 0.25) is 0 Å². The fourth-order valence-electron chi connectivity index (χ4n) is 3.41. The van der Waals surface area contributed by atoms with E-state index in [0.29, 0.717) is 12.6 Å². The van der Waals surface area contributed by atoms with Crippen LogP contribution in [0.5, 0.6) is 0 Å². The summed E-state index contributed by atoms with van der Waals surface area (Å²) in [5.41, 5.74) is 1.04. The maximum atomic E-state index is 12.0. The third-order valence-electron chi connectivity index (χ3n) is 4.80. The van der Waals surface area contributed by atoms with Crippen molar-refractivity contribution in [2.24, 2.45) is 0 Å². The van der Waals surface area contributed by atoms with E-state index in [2.05, 4.69) is 26.6 Å². The fourth-order valence-corrected chi connectivity index (χ4v) is 3.41. The van der Waals surface area contributed by atoms with Gasteiger partial charge in [0.25, 0.3) is 0 Å². The standard InChI is InChI=1S/C18H28N4O2/c1-14-4-2-6-17(20-14)22-11-8-15(9-12-22)21-18(23)19-10-7-16-5-3-13-24-16/h2,4,6,15-16H,3,5,7-13H2,1H3,(H2,19,21,23). The summed E-state index contributed by atoms with van der Waals surface area (Å²) in [7, 11) is 0. The lowest BCUT2D eigenvalue weighted by Crippen LogP contribution is -2.48. The Morgan fingerprint density at radius 2 is 2.17 bits per heavy atom. The van der Waals surface area contributed by atoms with E-state index in [1.807, 2.05) is 19.1 Å². The molecular weight excluding hydrogens is 304 g/mol. The van der Waals surface area contributed by atoms with Crippen molar-refractivity contribution in [2.45, 2.75) is 51.2 Å². The van der Waals surface area contributed by atoms with Gasteiger partial charge in [0.05, 0.1) is 6.10 Å². The molecule has 3 heterocycles. The molecule has 2 N–H and O–H groups in total. The third kappa shape index (κ3) is 4.84. The van der Waals surface area contributed by atoms with Gasteiger partial charge >= 0.3 is 6.03 Å². The second-order valence-corrected chi connectivity index (χ2v) is 6.72. The van der Waals surface area contributed by atoms with E-state index in [9.17, 15) is 4.79 Å². The van der Waals surface area contributed by atoms with Crippen LogP contribution in [-0.4, -0.2) is 49.4 Å². The predicted octanol–water partition coefficient (Wildman–Crippen LogP) is 2.23. The number of ether oxygens (including phenoxy) is 1. The smallest absolute Gasteiger partial charge is 0.315 e. The van der Waals surface area contributed by atoms with Crippen molar-refractivity contribution in [1.82, 2.24) is 15.6 Å². The zero-order valence-corrected chi connectivity index (χ0v) is 14.5. The van der Waals surface area contributed by atoms with Gasteiger partial charge in [-0.25, -0.2) is 9.78 Å². The van der Waals surface area contributed by atoms with Gasteiger partial charge in [-0.1, -0.05) is 6.07 Å². The highest BCUT2D eigenvalue weighted by Crippen LogP contribution is 2.18. The number of pyridine rings is 1. The zero-order chi connectivity index (χ0) is 16.8. The van der Waals surface area contributed by atoms with Crippen molar-refractivity contribution in [3.63, 3.8) is 0 Å². The first-order chi connectivity index (χ1) is 11.7. The first-order valence-electron chi connectivity index (χ1n) is 9.05. The lowest BCUT2D eigenvalue weighted by atomic mass is 10.1. The molecule has 2 fully saturated rings. The number of aromatic nitrogens is 1.